The first-order chi connectivity index (χ1) is 24.3. The van der Waals surface area contributed by atoms with Crippen molar-refractivity contribution in [2.75, 3.05) is 0 Å². The van der Waals surface area contributed by atoms with Crippen LogP contribution in [0.1, 0.15) is 0 Å². The molecule has 3 nitrogen and oxygen atoms in total. The van der Waals surface area contributed by atoms with Gasteiger partial charge in [-0.25, -0.2) is 15.0 Å². The van der Waals surface area contributed by atoms with Crippen LogP contribution in [0.25, 0.3) is 97.8 Å². The number of hydrogen-bond donors (Lipinski definition) is 0. The molecule has 2 aromatic heterocycles. The number of benzene rings is 8. The lowest BCUT2D eigenvalue weighted by atomic mass is 9.93. The Bertz CT molecular complexity index is 2890. The number of hydrogen-bond acceptors (Lipinski definition) is 4. The first-order valence-electron chi connectivity index (χ1n) is 16.4. The van der Waals surface area contributed by atoms with Gasteiger partial charge < -0.3 is 0 Å². The summed E-state index contributed by atoms with van der Waals surface area (Å²) < 4.78 is 2.61. The third-order valence-electron chi connectivity index (χ3n) is 9.49. The van der Waals surface area contributed by atoms with Gasteiger partial charge in [-0.05, 0) is 73.8 Å². The highest BCUT2D eigenvalue weighted by atomic mass is 32.1. The molecule has 49 heavy (non-hydrogen) atoms. The van der Waals surface area contributed by atoms with Crippen molar-refractivity contribution in [1.82, 2.24) is 15.0 Å². The van der Waals surface area contributed by atoms with E-state index in [4.69, 9.17) is 15.0 Å². The Morgan fingerprint density at radius 1 is 0.306 bits per heavy atom. The van der Waals surface area contributed by atoms with E-state index in [1.807, 2.05) is 29.5 Å². The zero-order valence-corrected chi connectivity index (χ0v) is 27.2. The van der Waals surface area contributed by atoms with Gasteiger partial charge >= 0.3 is 0 Å². The van der Waals surface area contributed by atoms with E-state index in [9.17, 15) is 0 Å². The second-order valence-corrected chi connectivity index (χ2v) is 13.5. The van der Waals surface area contributed by atoms with Crippen LogP contribution in [-0.4, -0.2) is 15.0 Å². The summed E-state index contributed by atoms with van der Waals surface area (Å²) in [5, 5.41) is 9.59. The maximum absolute atomic E-state index is 5.28. The van der Waals surface area contributed by atoms with Crippen molar-refractivity contribution in [3.8, 4) is 45.3 Å². The summed E-state index contributed by atoms with van der Waals surface area (Å²) in [6, 6.07) is 58.0. The van der Waals surface area contributed by atoms with Gasteiger partial charge in [0.25, 0.3) is 0 Å². The maximum Gasteiger partial charge on any atom is 0.165 e. The van der Waals surface area contributed by atoms with Gasteiger partial charge in [-0.3, -0.25) is 0 Å². The quantitative estimate of drug-likeness (QED) is 0.142. The zero-order valence-electron chi connectivity index (χ0n) is 26.3. The summed E-state index contributed by atoms with van der Waals surface area (Å²) in [6.07, 6.45) is 0. The average molecular weight is 642 g/mol. The second-order valence-electron chi connectivity index (χ2n) is 12.4. The molecule has 0 spiro atoms. The minimum Gasteiger partial charge on any atom is -0.208 e. The fourth-order valence-electron chi connectivity index (χ4n) is 7.14. The van der Waals surface area contributed by atoms with Crippen LogP contribution in [0, 0.1) is 0 Å². The molecule has 2 heterocycles. The molecule has 10 aromatic rings. The molecular formula is C45H27N3S. The van der Waals surface area contributed by atoms with Gasteiger partial charge in [0.1, 0.15) is 0 Å². The summed E-state index contributed by atoms with van der Waals surface area (Å²) >= 11 is 1.84. The molecular weight excluding hydrogens is 615 g/mol. The molecule has 8 aromatic carbocycles. The minimum absolute atomic E-state index is 0.648. The van der Waals surface area contributed by atoms with Crippen LogP contribution in [0.2, 0.25) is 0 Å². The van der Waals surface area contributed by atoms with Crippen molar-refractivity contribution in [2.24, 2.45) is 0 Å². The molecule has 0 fully saturated rings. The Labute approximate surface area is 286 Å². The second kappa shape index (κ2) is 11.2. The topological polar surface area (TPSA) is 38.7 Å². The predicted molar refractivity (Wildman–Crippen MR) is 207 cm³/mol. The van der Waals surface area contributed by atoms with Crippen LogP contribution < -0.4 is 0 Å². The van der Waals surface area contributed by atoms with E-state index in [0.29, 0.717) is 17.5 Å². The summed E-state index contributed by atoms with van der Waals surface area (Å²) in [7, 11) is 0. The van der Waals surface area contributed by atoms with E-state index in [1.165, 1.54) is 41.9 Å². The SMILES string of the molecule is c1ccc(-c2nc(-c3cccc(-c4ccc5sc6ccccc6c5c4)c3)nc(-c3c4ccccc4cc4c3ccc3ccccc34)n2)cc1. The Morgan fingerprint density at radius 3 is 1.82 bits per heavy atom. The lowest BCUT2D eigenvalue weighted by Gasteiger charge is -2.15. The van der Waals surface area contributed by atoms with Gasteiger partial charge in [0, 0.05) is 36.9 Å². The van der Waals surface area contributed by atoms with Crippen LogP contribution in [0.3, 0.4) is 0 Å². The van der Waals surface area contributed by atoms with Crippen molar-refractivity contribution in [3.63, 3.8) is 0 Å². The maximum atomic E-state index is 5.28. The predicted octanol–water partition coefficient (Wildman–Crippen LogP) is 12.4. The molecule has 0 atom stereocenters. The smallest absolute Gasteiger partial charge is 0.165 e. The van der Waals surface area contributed by atoms with Crippen LogP contribution in [0.4, 0.5) is 0 Å². The number of rotatable bonds is 4. The number of nitrogens with zero attached hydrogens (tertiary/aromatic N) is 3. The van der Waals surface area contributed by atoms with Crippen molar-refractivity contribution >= 4 is 63.8 Å². The monoisotopic (exact) mass is 641 g/mol. The molecule has 0 aliphatic heterocycles. The van der Waals surface area contributed by atoms with Gasteiger partial charge in [0.2, 0.25) is 0 Å². The Morgan fingerprint density at radius 2 is 0.939 bits per heavy atom. The molecule has 0 radical (unpaired) electrons. The molecule has 10 rings (SSSR count). The lowest BCUT2D eigenvalue weighted by Crippen LogP contribution is -2.01. The average Bonchev–Trinajstić information content (AvgIpc) is 3.55. The molecule has 0 aliphatic rings. The fourth-order valence-corrected chi connectivity index (χ4v) is 8.22. The molecule has 228 valence electrons. The number of fused-ring (bicyclic) bond motifs is 7. The molecule has 0 saturated carbocycles. The third kappa shape index (κ3) is 4.68. The largest absolute Gasteiger partial charge is 0.208 e. The van der Waals surface area contributed by atoms with Crippen LogP contribution in [0.15, 0.2) is 164 Å². The van der Waals surface area contributed by atoms with E-state index < -0.39 is 0 Å². The van der Waals surface area contributed by atoms with Crippen LogP contribution in [0.5, 0.6) is 0 Å². The lowest BCUT2D eigenvalue weighted by molar-refractivity contribution is 1.08. The molecule has 4 heteroatoms. The molecule has 0 bridgehead atoms. The van der Waals surface area contributed by atoms with Gasteiger partial charge in [-0.2, -0.15) is 0 Å². The zero-order chi connectivity index (χ0) is 32.3. The molecule has 0 unspecified atom stereocenters. The van der Waals surface area contributed by atoms with Gasteiger partial charge in [0.05, 0.1) is 0 Å². The Kier molecular flexibility index (Phi) is 6.36. The van der Waals surface area contributed by atoms with Crippen LogP contribution in [-0.2, 0) is 0 Å². The van der Waals surface area contributed by atoms with Gasteiger partial charge in [0.15, 0.2) is 17.5 Å². The van der Waals surface area contributed by atoms with Crippen molar-refractivity contribution < 1.29 is 0 Å². The Balaban J connectivity index is 1.21. The van der Waals surface area contributed by atoms with E-state index in [2.05, 4.69) is 146 Å². The van der Waals surface area contributed by atoms with Crippen molar-refractivity contribution in [3.05, 3.63) is 164 Å². The van der Waals surface area contributed by atoms with Crippen molar-refractivity contribution in [1.29, 1.82) is 0 Å². The highest BCUT2D eigenvalue weighted by molar-refractivity contribution is 7.25. The molecule has 0 amide bonds. The highest BCUT2D eigenvalue weighted by Gasteiger charge is 2.18. The van der Waals surface area contributed by atoms with Gasteiger partial charge in [-0.15, -0.1) is 11.3 Å². The number of aromatic nitrogens is 3. The van der Waals surface area contributed by atoms with E-state index in [0.717, 1.165) is 38.4 Å². The highest BCUT2D eigenvalue weighted by Crippen LogP contribution is 2.40. The molecule has 0 aliphatic carbocycles. The summed E-state index contributed by atoms with van der Waals surface area (Å²) in [4.78, 5) is 15.6. The summed E-state index contributed by atoms with van der Waals surface area (Å²) in [6.45, 7) is 0. The normalized spacial score (nSPS) is 11.7. The van der Waals surface area contributed by atoms with Crippen LogP contribution >= 0.6 is 11.3 Å². The van der Waals surface area contributed by atoms with E-state index in [1.54, 1.807) is 0 Å². The standard InChI is InChI=1S/C45H27N3S/c1-2-12-29(13-3-1)43-46-44(33-16-10-15-30(25-33)31-22-24-41-39(26-31)36-19-8-9-20-40(36)49-41)48-45(47-43)42-35-18-7-5-14-32(35)27-38-34-17-6-4-11-28(34)21-23-37(38)42/h1-27H. The fraction of sp³-hybridized carbons (Fsp3) is 0. The van der Waals surface area contributed by atoms with E-state index in [-0.39, 0.29) is 0 Å². The minimum atomic E-state index is 0.648. The first kappa shape index (κ1) is 27.8. The van der Waals surface area contributed by atoms with Crippen molar-refractivity contribution in [2.45, 2.75) is 0 Å². The number of thiophene rings is 1. The van der Waals surface area contributed by atoms with E-state index >= 15 is 0 Å². The summed E-state index contributed by atoms with van der Waals surface area (Å²) in [5.74, 6) is 1.96. The first-order valence-corrected chi connectivity index (χ1v) is 17.3. The Hall–Kier alpha value is -6.23. The molecule has 0 N–H and O–H groups in total. The molecule has 0 saturated heterocycles. The van der Waals surface area contributed by atoms with Gasteiger partial charge in [-0.1, -0.05) is 133 Å². The third-order valence-corrected chi connectivity index (χ3v) is 10.6. The summed E-state index contributed by atoms with van der Waals surface area (Å²) in [5.41, 5.74) is 5.21.